The average Bonchev–Trinajstić information content (AvgIpc) is 3.09. The monoisotopic (exact) mass is 479 g/mol. The molecule has 0 bridgehead atoms. The maximum absolute atomic E-state index is 13.0. The van der Waals surface area contributed by atoms with Crippen molar-refractivity contribution in [2.45, 2.75) is 25.9 Å². The highest BCUT2D eigenvalue weighted by Gasteiger charge is 2.28. The first kappa shape index (κ1) is 24.8. The molecule has 0 aromatic carbocycles. The molecule has 8 nitrogen and oxygen atoms in total. The number of alkyl halides is 3. The van der Waals surface area contributed by atoms with Gasteiger partial charge in [0.1, 0.15) is 12.8 Å². The summed E-state index contributed by atoms with van der Waals surface area (Å²) in [6.07, 6.45) is -0.995. The fourth-order valence-electron chi connectivity index (χ4n) is 2.62. The molecule has 2 aromatic rings. The van der Waals surface area contributed by atoms with E-state index in [-0.39, 0.29) is 41.0 Å². The molecule has 0 aliphatic rings. The molecule has 1 unspecified atom stereocenters. The zero-order chi connectivity index (χ0) is 23.0. The second kappa shape index (κ2) is 11.2. The molecule has 0 spiro atoms. The van der Waals surface area contributed by atoms with Crippen LogP contribution in [0.25, 0.3) is 5.69 Å². The highest BCUT2D eigenvalue weighted by Crippen LogP contribution is 2.26. The van der Waals surface area contributed by atoms with Gasteiger partial charge in [0.15, 0.2) is 10.9 Å². The molecule has 0 aliphatic heterocycles. The van der Waals surface area contributed by atoms with E-state index in [0.29, 0.717) is 5.69 Å². The van der Waals surface area contributed by atoms with Gasteiger partial charge in [0.25, 0.3) is 5.91 Å². The van der Waals surface area contributed by atoms with Crippen molar-refractivity contribution in [3.05, 3.63) is 35.9 Å². The van der Waals surface area contributed by atoms with Gasteiger partial charge in [-0.3, -0.25) is 14.0 Å². The van der Waals surface area contributed by atoms with Gasteiger partial charge in [-0.15, -0.1) is 0 Å². The maximum atomic E-state index is 13.0. The van der Waals surface area contributed by atoms with E-state index in [0.717, 1.165) is 0 Å². The highest BCUT2D eigenvalue weighted by atomic mass is 35.5. The van der Waals surface area contributed by atoms with Crippen molar-refractivity contribution >= 4 is 39.7 Å². The van der Waals surface area contributed by atoms with Crippen LogP contribution in [0.1, 0.15) is 19.8 Å². The van der Waals surface area contributed by atoms with Crippen LogP contribution in [0.5, 0.6) is 0 Å². The van der Waals surface area contributed by atoms with Crippen molar-refractivity contribution in [2.24, 2.45) is 5.16 Å². The van der Waals surface area contributed by atoms with Crippen molar-refractivity contribution in [3.8, 4) is 5.69 Å². The fraction of sp³-hybridized carbons (Fsp3) is 0.444. The highest BCUT2D eigenvalue weighted by molar-refractivity contribution is 7.85. The van der Waals surface area contributed by atoms with E-state index in [4.69, 9.17) is 11.6 Å². The molecule has 1 atom stereocenters. The lowest BCUT2D eigenvalue weighted by molar-refractivity contribution is -0.134. The van der Waals surface area contributed by atoms with E-state index in [2.05, 4.69) is 20.1 Å². The molecule has 0 radical (unpaired) electrons. The van der Waals surface area contributed by atoms with Crippen molar-refractivity contribution in [3.63, 3.8) is 0 Å². The van der Waals surface area contributed by atoms with Gasteiger partial charge >= 0.3 is 6.18 Å². The largest absolute Gasteiger partial charge is 0.399 e. The molecule has 2 aromatic heterocycles. The Labute approximate surface area is 184 Å². The summed E-state index contributed by atoms with van der Waals surface area (Å²) in [5.41, 5.74) is 0.709. The van der Waals surface area contributed by atoms with Crippen LogP contribution in [0.4, 0.5) is 18.9 Å². The number of aromatic nitrogens is 3. The van der Waals surface area contributed by atoms with Crippen LogP contribution < -0.4 is 4.90 Å². The third-order valence-corrected chi connectivity index (χ3v) is 5.60. The van der Waals surface area contributed by atoms with Gasteiger partial charge in [-0.25, -0.2) is 4.68 Å². The molecule has 0 saturated carbocycles. The zero-order valence-electron chi connectivity index (χ0n) is 16.8. The van der Waals surface area contributed by atoms with Crippen molar-refractivity contribution < 1.29 is 27.0 Å². The van der Waals surface area contributed by atoms with Crippen LogP contribution in [0.15, 0.2) is 35.9 Å². The summed E-state index contributed by atoms with van der Waals surface area (Å²) in [6.45, 7) is 1.88. The number of carbonyl (C=O) groups excluding carboxylic acids is 1. The Morgan fingerprint density at radius 2 is 2.16 bits per heavy atom. The minimum absolute atomic E-state index is 0.0436. The van der Waals surface area contributed by atoms with E-state index < -0.39 is 29.3 Å². The maximum Gasteiger partial charge on any atom is 0.389 e. The lowest BCUT2D eigenvalue weighted by Gasteiger charge is -2.20. The van der Waals surface area contributed by atoms with Crippen molar-refractivity contribution in [1.82, 2.24) is 14.8 Å². The van der Waals surface area contributed by atoms with Gasteiger partial charge in [-0.05, 0) is 25.5 Å². The number of hydrogen-bond acceptors (Lipinski definition) is 6. The molecule has 31 heavy (non-hydrogen) atoms. The van der Waals surface area contributed by atoms with Gasteiger partial charge in [-0.2, -0.15) is 18.3 Å². The Morgan fingerprint density at radius 1 is 1.42 bits per heavy atom. The molecule has 13 heteroatoms. The van der Waals surface area contributed by atoms with Crippen molar-refractivity contribution in [1.29, 1.82) is 0 Å². The van der Waals surface area contributed by atoms with Gasteiger partial charge in [0, 0.05) is 35.7 Å². The minimum Gasteiger partial charge on any atom is -0.399 e. The summed E-state index contributed by atoms with van der Waals surface area (Å²) in [5, 5.41) is 7.86. The quantitative estimate of drug-likeness (QED) is 0.385. The first-order valence-corrected chi connectivity index (χ1v) is 11.0. The van der Waals surface area contributed by atoms with Gasteiger partial charge in [-0.1, -0.05) is 16.8 Å². The van der Waals surface area contributed by atoms with Crippen LogP contribution in [0, 0.1) is 0 Å². The van der Waals surface area contributed by atoms with Crippen LogP contribution in [-0.2, 0) is 20.4 Å². The molecule has 0 aliphatic carbocycles. The van der Waals surface area contributed by atoms with Crippen LogP contribution in [0.3, 0.4) is 0 Å². The summed E-state index contributed by atoms with van der Waals surface area (Å²) < 4.78 is 50.5. The Kier molecular flexibility index (Phi) is 8.99. The molecule has 170 valence electrons. The fourth-order valence-corrected chi connectivity index (χ4v) is 3.95. The predicted octanol–water partition coefficient (Wildman–Crippen LogP) is 3.37. The number of hydrogen-bond donors (Lipinski definition) is 0. The summed E-state index contributed by atoms with van der Waals surface area (Å²) >= 11 is 6.23. The number of carbonyl (C=O) groups is 1. The van der Waals surface area contributed by atoms with E-state index in [1.165, 1.54) is 22.9 Å². The minimum atomic E-state index is -4.33. The molecule has 0 saturated heterocycles. The van der Waals surface area contributed by atoms with E-state index in [1.807, 2.05) is 0 Å². The summed E-state index contributed by atoms with van der Waals surface area (Å²) in [5.74, 6) is -1.21. The zero-order valence-corrected chi connectivity index (χ0v) is 18.4. The van der Waals surface area contributed by atoms with Crippen molar-refractivity contribution in [2.75, 3.05) is 30.1 Å². The second-order valence-electron chi connectivity index (χ2n) is 6.24. The molecule has 0 N–H and O–H groups in total. The smallest absolute Gasteiger partial charge is 0.389 e. The van der Waals surface area contributed by atoms with E-state index in [1.54, 1.807) is 31.5 Å². The van der Waals surface area contributed by atoms with E-state index in [9.17, 15) is 22.2 Å². The Morgan fingerprint density at radius 3 is 2.74 bits per heavy atom. The first-order chi connectivity index (χ1) is 14.7. The number of pyridine rings is 1. The predicted molar refractivity (Wildman–Crippen MR) is 112 cm³/mol. The van der Waals surface area contributed by atoms with Gasteiger partial charge < -0.3 is 9.74 Å². The standard InChI is InChI=1S/C18H21ClF3N5O3S/c1-3-26(15-11-27(24-16(15)19)13-6-4-8-23-10-13)17(28)14(25-30-2)12-31(29)9-5-7-18(20,21)22/h4,6,8,10-11H,3,5,7,9,12H2,1-2H3/b25-14+. The Bertz CT molecular complexity index is 937. The van der Waals surface area contributed by atoms with Gasteiger partial charge in [0.2, 0.25) is 0 Å². The lowest BCUT2D eigenvalue weighted by Crippen LogP contribution is -2.39. The SMILES string of the molecule is CCN(C(=O)/C(CS(=O)CCCC(F)(F)F)=N/OC)c1cn(-c2cccnc2)nc1Cl. The molecule has 1 amide bonds. The lowest BCUT2D eigenvalue weighted by atomic mass is 10.3. The molecule has 0 fully saturated rings. The first-order valence-electron chi connectivity index (χ1n) is 9.15. The summed E-state index contributed by atoms with van der Waals surface area (Å²) in [7, 11) is -0.520. The number of rotatable bonds is 10. The number of halogens is 4. The third-order valence-electron chi connectivity index (χ3n) is 3.99. The molecular weight excluding hydrogens is 459 g/mol. The summed E-state index contributed by atoms with van der Waals surface area (Å²) in [6, 6.07) is 3.46. The number of amides is 1. The summed E-state index contributed by atoms with van der Waals surface area (Å²) in [4.78, 5) is 23.0. The normalized spacial score (nSPS) is 13.2. The number of oxime groups is 1. The second-order valence-corrected chi connectivity index (χ2v) is 8.17. The molecular formula is C18H21ClF3N5O3S. The number of nitrogens with zero attached hydrogens (tertiary/aromatic N) is 5. The topological polar surface area (TPSA) is 89.7 Å². The van der Waals surface area contributed by atoms with Crippen LogP contribution >= 0.6 is 11.6 Å². The third kappa shape index (κ3) is 7.31. The Hall–Kier alpha value is -2.47. The molecule has 2 heterocycles. The number of anilines is 1. The van der Waals surface area contributed by atoms with Gasteiger partial charge in [0.05, 0.1) is 23.8 Å². The average molecular weight is 480 g/mol. The van der Waals surface area contributed by atoms with E-state index >= 15 is 0 Å². The van der Waals surface area contributed by atoms with Crippen LogP contribution in [0.2, 0.25) is 5.15 Å². The molecule has 2 rings (SSSR count). The van der Waals surface area contributed by atoms with Crippen LogP contribution in [-0.4, -0.2) is 61.9 Å². The Balaban J connectivity index is 2.17.